The lowest BCUT2D eigenvalue weighted by molar-refractivity contribution is 0.0288. The van der Waals surface area contributed by atoms with Gasteiger partial charge >= 0.3 is 0 Å². The Morgan fingerprint density at radius 1 is 1.50 bits per heavy atom. The van der Waals surface area contributed by atoms with Crippen LogP contribution >= 0.6 is 27.5 Å². The molecule has 0 bridgehead atoms. The third-order valence-electron chi connectivity index (χ3n) is 3.98. The average Bonchev–Trinajstić information content (AvgIpc) is 2.40. The largest absolute Gasteiger partial charge is 0.393 e. The van der Waals surface area contributed by atoms with Gasteiger partial charge in [0.25, 0.3) is 0 Å². The van der Waals surface area contributed by atoms with Crippen molar-refractivity contribution < 1.29 is 10.2 Å². The van der Waals surface area contributed by atoms with E-state index in [-0.39, 0.29) is 6.10 Å². The summed E-state index contributed by atoms with van der Waals surface area (Å²) in [6.45, 7) is 4.68. The van der Waals surface area contributed by atoms with Crippen molar-refractivity contribution in [2.75, 3.05) is 19.6 Å². The number of piperidine rings is 1. The fraction of sp³-hybridized carbons (Fsp3) is 0.600. The second kappa shape index (κ2) is 7.23. The van der Waals surface area contributed by atoms with Crippen LogP contribution in [0.4, 0.5) is 0 Å². The molecule has 20 heavy (non-hydrogen) atoms. The van der Waals surface area contributed by atoms with Crippen LogP contribution in [0.3, 0.4) is 0 Å². The molecule has 0 amide bonds. The second-order valence-corrected chi connectivity index (χ2v) is 6.93. The summed E-state index contributed by atoms with van der Waals surface area (Å²) in [7, 11) is 0. The van der Waals surface area contributed by atoms with Crippen LogP contribution in [-0.4, -0.2) is 40.9 Å². The smallest absolute Gasteiger partial charge is 0.0816 e. The Hall–Kier alpha value is -0.130. The normalized spacial score (nSPS) is 25.6. The van der Waals surface area contributed by atoms with Gasteiger partial charge in [0.15, 0.2) is 0 Å². The van der Waals surface area contributed by atoms with E-state index in [4.69, 9.17) is 11.6 Å². The van der Waals surface area contributed by atoms with Crippen LogP contribution in [0.25, 0.3) is 0 Å². The summed E-state index contributed by atoms with van der Waals surface area (Å²) in [6, 6.07) is 5.56. The van der Waals surface area contributed by atoms with E-state index in [1.165, 1.54) is 0 Å². The Morgan fingerprint density at radius 2 is 2.25 bits per heavy atom. The molecule has 0 aromatic heterocycles. The lowest BCUT2D eigenvalue weighted by Gasteiger charge is -2.34. The summed E-state index contributed by atoms with van der Waals surface area (Å²) in [4.78, 5) is 2.30. The van der Waals surface area contributed by atoms with Crippen molar-refractivity contribution in [2.24, 2.45) is 5.92 Å². The van der Waals surface area contributed by atoms with Gasteiger partial charge in [-0.2, -0.15) is 0 Å². The topological polar surface area (TPSA) is 43.7 Å². The maximum Gasteiger partial charge on any atom is 0.0816 e. The van der Waals surface area contributed by atoms with Crippen LogP contribution in [0.15, 0.2) is 22.7 Å². The van der Waals surface area contributed by atoms with Crippen LogP contribution in [0.5, 0.6) is 0 Å². The van der Waals surface area contributed by atoms with E-state index in [2.05, 4.69) is 27.8 Å². The standard InChI is InChI=1S/C15H21BrClNO2/c1-10-9-18(6-4-14(10)19)7-5-15(20)12-3-2-11(16)8-13(12)17/h2-3,8,10,14-15,19-20H,4-7,9H2,1H3. The minimum atomic E-state index is -0.544. The maximum atomic E-state index is 10.3. The maximum absolute atomic E-state index is 10.3. The van der Waals surface area contributed by atoms with E-state index in [1.54, 1.807) is 6.07 Å². The molecule has 3 atom stereocenters. The average molecular weight is 363 g/mol. The molecule has 1 heterocycles. The second-order valence-electron chi connectivity index (χ2n) is 5.60. The van der Waals surface area contributed by atoms with Crippen LogP contribution in [0.1, 0.15) is 31.4 Å². The van der Waals surface area contributed by atoms with E-state index in [9.17, 15) is 10.2 Å². The van der Waals surface area contributed by atoms with Gasteiger partial charge in [0.2, 0.25) is 0 Å². The Labute approximate surface area is 133 Å². The monoisotopic (exact) mass is 361 g/mol. The third-order valence-corrected chi connectivity index (χ3v) is 4.80. The van der Waals surface area contributed by atoms with Crippen molar-refractivity contribution in [3.63, 3.8) is 0 Å². The molecule has 5 heteroatoms. The van der Waals surface area contributed by atoms with Crippen LogP contribution < -0.4 is 0 Å². The molecule has 3 unspecified atom stereocenters. The number of hydrogen-bond acceptors (Lipinski definition) is 3. The highest BCUT2D eigenvalue weighted by atomic mass is 79.9. The zero-order chi connectivity index (χ0) is 14.7. The van der Waals surface area contributed by atoms with Gasteiger partial charge in [0.1, 0.15) is 0 Å². The van der Waals surface area contributed by atoms with Crippen molar-refractivity contribution in [3.8, 4) is 0 Å². The minimum Gasteiger partial charge on any atom is -0.393 e. The van der Waals surface area contributed by atoms with E-state index in [0.29, 0.717) is 17.4 Å². The molecule has 1 fully saturated rings. The van der Waals surface area contributed by atoms with E-state index >= 15 is 0 Å². The first-order valence-electron chi connectivity index (χ1n) is 7.01. The molecular weight excluding hydrogens is 342 g/mol. The van der Waals surface area contributed by atoms with Gasteiger partial charge in [-0.15, -0.1) is 0 Å². The van der Waals surface area contributed by atoms with Crippen molar-refractivity contribution in [3.05, 3.63) is 33.3 Å². The number of benzene rings is 1. The molecule has 0 saturated carbocycles. The molecule has 1 saturated heterocycles. The number of aliphatic hydroxyl groups excluding tert-OH is 2. The number of hydrogen-bond donors (Lipinski definition) is 2. The van der Waals surface area contributed by atoms with Gasteiger partial charge in [-0.05, 0) is 36.5 Å². The van der Waals surface area contributed by atoms with Gasteiger partial charge < -0.3 is 15.1 Å². The van der Waals surface area contributed by atoms with E-state index in [1.807, 2.05) is 12.1 Å². The lowest BCUT2D eigenvalue weighted by atomic mass is 9.96. The minimum absolute atomic E-state index is 0.183. The van der Waals surface area contributed by atoms with Crippen molar-refractivity contribution in [2.45, 2.75) is 32.0 Å². The molecule has 1 aromatic carbocycles. The zero-order valence-electron chi connectivity index (χ0n) is 11.6. The summed E-state index contributed by atoms with van der Waals surface area (Å²) in [5.74, 6) is 0.303. The van der Waals surface area contributed by atoms with Gasteiger partial charge in [-0.25, -0.2) is 0 Å². The van der Waals surface area contributed by atoms with Crippen molar-refractivity contribution >= 4 is 27.5 Å². The fourth-order valence-electron chi connectivity index (χ4n) is 2.65. The Bertz CT molecular complexity index is 457. The van der Waals surface area contributed by atoms with Crippen molar-refractivity contribution in [1.82, 2.24) is 4.90 Å². The number of aliphatic hydroxyl groups is 2. The van der Waals surface area contributed by atoms with Gasteiger partial charge in [-0.3, -0.25) is 0 Å². The van der Waals surface area contributed by atoms with Crippen LogP contribution in [0, 0.1) is 5.92 Å². The molecule has 0 aliphatic carbocycles. The zero-order valence-corrected chi connectivity index (χ0v) is 13.9. The van der Waals surface area contributed by atoms with Gasteiger partial charge in [-0.1, -0.05) is 40.5 Å². The van der Waals surface area contributed by atoms with Crippen LogP contribution in [0.2, 0.25) is 5.02 Å². The molecule has 3 nitrogen and oxygen atoms in total. The van der Waals surface area contributed by atoms with Crippen LogP contribution in [-0.2, 0) is 0 Å². The highest BCUT2D eigenvalue weighted by Crippen LogP contribution is 2.28. The number of rotatable bonds is 4. The molecule has 0 radical (unpaired) electrons. The molecule has 1 aliphatic rings. The summed E-state index contributed by atoms with van der Waals surface area (Å²) in [5, 5.41) is 20.6. The highest BCUT2D eigenvalue weighted by molar-refractivity contribution is 9.10. The molecule has 1 aliphatic heterocycles. The number of halogens is 2. The first kappa shape index (κ1) is 16.2. The third kappa shape index (κ3) is 4.18. The Morgan fingerprint density at radius 3 is 2.90 bits per heavy atom. The molecular formula is C15H21BrClNO2. The van der Waals surface area contributed by atoms with Gasteiger partial charge in [0, 0.05) is 29.1 Å². The first-order valence-corrected chi connectivity index (χ1v) is 8.18. The highest BCUT2D eigenvalue weighted by Gasteiger charge is 2.24. The molecule has 112 valence electrons. The summed E-state index contributed by atoms with van der Waals surface area (Å²) in [5.41, 5.74) is 0.778. The Kier molecular flexibility index (Phi) is 5.87. The molecule has 1 aromatic rings. The quantitative estimate of drug-likeness (QED) is 0.864. The van der Waals surface area contributed by atoms with Crippen molar-refractivity contribution in [1.29, 1.82) is 0 Å². The summed E-state index contributed by atoms with van der Waals surface area (Å²) in [6.07, 6.45) is 0.746. The fourth-order valence-corrected chi connectivity index (χ4v) is 3.45. The summed E-state index contributed by atoms with van der Waals surface area (Å²) >= 11 is 9.51. The molecule has 0 spiro atoms. The summed E-state index contributed by atoms with van der Waals surface area (Å²) < 4.78 is 0.914. The first-order chi connectivity index (χ1) is 9.47. The predicted molar refractivity (Wildman–Crippen MR) is 85.0 cm³/mol. The SMILES string of the molecule is CC1CN(CCC(O)c2ccc(Br)cc2Cl)CCC1O. The van der Waals surface area contributed by atoms with Gasteiger partial charge in [0.05, 0.1) is 12.2 Å². The number of nitrogens with zero attached hydrogens (tertiary/aromatic N) is 1. The van der Waals surface area contributed by atoms with E-state index < -0.39 is 6.10 Å². The number of likely N-dealkylation sites (tertiary alicyclic amines) is 1. The Balaban J connectivity index is 1.87. The molecule has 2 N–H and O–H groups in total. The molecule has 2 rings (SSSR count). The lowest BCUT2D eigenvalue weighted by Crippen LogP contribution is -2.42. The van der Waals surface area contributed by atoms with E-state index in [0.717, 1.165) is 36.1 Å². The predicted octanol–water partition coefficient (Wildman–Crippen LogP) is 3.23.